The Morgan fingerprint density at radius 1 is 1.56 bits per heavy atom. The van der Waals surface area contributed by atoms with Gasteiger partial charge in [-0.15, -0.1) is 0 Å². The van der Waals surface area contributed by atoms with E-state index in [0.29, 0.717) is 0 Å². The molecule has 0 rings (SSSR count). The maximum atomic E-state index is 9.63. The van der Waals surface area contributed by atoms with Crippen molar-refractivity contribution in [1.29, 1.82) is 0 Å². The van der Waals surface area contributed by atoms with Crippen LogP contribution < -0.4 is 5.48 Å². The number of rotatable bonds is 1. The van der Waals surface area contributed by atoms with Crippen molar-refractivity contribution in [3.8, 4) is 0 Å². The van der Waals surface area contributed by atoms with E-state index < -0.39 is 10.1 Å². The molecule has 0 spiro atoms. The van der Waals surface area contributed by atoms with Crippen molar-refractivity contribution in [1.82, 2.24) is 5.48 Å². The number of halogens is 3. The van der Waals surface area contributed by atoms with Crippen LogP contribution in [-0.4, -0.2) is 15.2 Å². The number of amides is 1. The monoisotopic (exact) mass is 193 g/mol. The van der Waals surface area contributed by atoms with Crippen LogP contribution in [-0.2, 0) is 4.84 Å². The standard InChI is InChI=1S/C2H2Cl3NO3/c3-2(4,5)9-6-1(7)8/h6H,(H,7,8). The quantitative estimate of drug-likeness (QED) is 0.491. The van der Waals surface area contributed by atoms with Gasteiger partial charge in [-0.1, -0.05) is 34.8 Å². The highest BCUT2D eigenvalue weighted by Crippen LogP contribution is 2.25. The summed E-state index contributed by atoms with van der Waals surface area (Å²) in [5.74, 6) is 0. The molecule has 0 aromatic carbocycles. The summed E-state index contributed by atoms with van der Waals surface area (Å²) in [4.78, 5) is 13.6. The molecule has 1 amide bonds. The van der Waals surface area contributed by atoms with Gasteiger partial charge in [0.05, 0.1) is 0 Å². The molecule has 0 fully saturated rings. The van der Waals surface area contributed by atoms with Gasteiger partial charge in [0.1, 0.15) is 0 Å². The van der Waals surface area contributed by atoms with E-state index in [9.17, 15) is 4.79 Å². The number of hydrogen-bond acceptors (Lipinski definition) is 2. The van der Waals surface area contributed by atoms with Gasteiger partial charge in [-0.2, -0.15) is 5.48 Å². The Kier molecular flexibility index (Phi) is 3.35. The van der Waals surface area contributed by atoms with Crippen LogP contribution in [0.4, 0.5) is 4.79 Å². The summed E-state index contributed by atoms with van der Waals surface area (Å²) in [7, 11) is 0. The Bertz CT molecular complexity index is 110. The minimum absolute atomic E-state index is 1.41. The van der Waals surface area contributed by atoms with E-state index in [1.165, 1.54) is 5.48 Å². The largest absolute Gasteiger partial charge is 0.464 e. The molecular formula is C2H2Cl3NO3. The van der Waals surface area contributed by atoms with Gasteiger partial charge < -0.3 is 5.11 Å². The summed E-state index contributed by atoms with van der Waals surface area (Å²) >= 11 is 14.9. The number of carboxylic acid groups (broad SMARTS) is 1. The Labute approximate surface area is 65.6 Å². The second-order valence-corrected chi connectivity index (χ2v) is 3.13. The molecule has 0 saturated heterocycles. The molecule has 9 heavy (non-hydrogen) atoms. The molecule has 4 nitrogen and oxygen atoms in total. The van der Waals surface area contributed by atoms with E-state index in [2.05, 4.69) is 4.84 Å². The number of hydrogen-bond donors (Lipinski definition) is 2. The molecule has 54 valence electrons. The van der Waals surface area contributed by atoms with Gasteiger partial charge in [0.25, 0.3) is 0 Å². The van der Waals surface area contributed by atoms with Gasteiger partial charge in [-0.3, -0.25) is 0 Å². The first-order chi connectivity index (χ1) is 3.92. The fourth-order valence-electron chi connectivity index (χ4n) is 0.102. The molecule has 0 unspecified atom stereocenters. The van der Waals surface area contributed by atoms with Gasteiger partial charge in [-0.25, -0.2) is 9.63 Å². The van der Waals surface area contributed by atoms with Crippen molar-refractivity contribution in [2.45, 2.75) is 3.98 Å². The number of hydroxylamine groups is 1. The van der Waals surface area contributed by atoms with E-state index in [1.54, 1.807) is 0 Å². The molecule has 0 radical (unpaired) electrons. The van der Waals surface area contributed by atoms with Crippen LogP contribution in [0.25, 0.3) is 0 Å². The Balaban J connectivity index is 3.39. The van der Waals surface area contributed by atoms with Gasteiger partial charge in [0.15, 0.2) is 0 Å². The highest BCUT2D eigenvalue weighted by Gasteiger charge is 2.21. The molecule has 0 aromatic rings. The molecule has 0 heterocycles. The third kappa shape index (κ3) is 8.10. The summed E-state index contributed by atoms with van der Waals surface area (Å²) in [6.45, 7) is 0. The molecule has 7 heteroatoms. The normalized spacial score (nSPS) is 11.0. The molecule has 0 aliphatic carbocycles. The fraction of sp³-hybridized carbons (Fsp3) is 0.500. The van der Waals surface area contributed by atoms with Crippen molar-refractivity contribution < 1.29 is 14.7 Å². The number of carbonyl (C=O) groups is 1. The summed E-state index contributed by atoms with van der Waals surface area (Å²) in [6.07, 6.45) is -1.43. The van der Waals surface area contributed by atoms with E-state index in [4.69, 9.17) is 39.9 Å². The predicted octanol–water partition coefficient (Wildman–Crippen LogP) is 1.51. The third-order valence-corrected chi connectivity index (χ3v) is 0.486. The lowest BCUT2D eigenvalue weighted by Gasteiger charge is -2.08. The minimum Gasteiger partial charge on any atom is -0.464 e. The topological polar surface area (TPSA) is 58.6 Å². The van der Waals surface area contributed by atoms with E-state index >= 15 is 0 Å². The Hall–Kier alpha value is 0.1000. The highest BCUT2D eigenvalue weighted by atomic mass is 35.6. The van der Waals surface area contributed by atoms with Crippen LogP contribution >= 0.6 is 34.8 Å². The summed E-state index contributed by atoms with van der Waals surface area (Å²) < 4.78 is -2.04. The van der Waals surface area contributed by atoms with E-state index in [-0.39, 0.29) is 0 Å². The maximum absolute atomic E-state index is 9.63. The average Bonchev–Trinajstić information content (AvgIpc) is 1.59. The summed E-state index contributed by atoms with van der Waals surface area (Å²) in [5, 5.41) is 7.86. The second kappa shape index (κ2) is 3.31. The van der Waals surface area contributed by atoms with Crippen molar-refractivity contribution in [2.24, 2.45) is 0 Å². The second-order valence-electron chi connectivity index (χ2n) is 0.955. The van der Waals surface area contributed by atoms with Crippen molar-refractivity contribution >= 4 is 40.9 Å². The molecule has 0 aromatic heterocycles. The maximum Gasteiger partial charge on any atom is 0.428 e. The zero-order chi connectivity index (χ0) is 7.49. The molecule has 0 saturated carbocycles. The van der Waals surface area contributed by atoms with Crippen molar-refractivity contribution in [2.75, 3.05) is 0 Å². The smallest absolute Gasteiger partial charge is 0.428 e. The number of nitrogens with one attached hydrogen (secondary N) is 1. The minimum atomic E-state index is -2.04. The summed E-state index contributed by atoms with van der Waals surface area (Å²) in [6, 6.07) is 0. The lowest BCUT2D eigenvalue weighted by atomic mass is 11.3. The SMILES string of the molecule is O=C(O)NOC(Cl)(Cl)Cl. The van der Waals surface area contributed by atoms with Gasteiger partial charge in [0, 0.05) is 0 Å². The van der Waals surface area contributed by atoms with Crippen LogP contribution in [0.15, 0.2) is 0 Å². The van der Waals surface area contributed by atoms with Crippen molar-refractivity contribution in [3.05, 3.63) is 0 Å². The zero-order valence-corrected chi connectivity index (χ0v) is 6.17. The van der Waals surface area contributed by atoms with Crippen LogP contribution in [0.1, 0.15) is 0 Å². The molecular weight excluding hydrogens is 192 g/mol. The first-order valence-corrected chi connectivity index (χ1v) is 2.79. The highest BCUT2D eigenvalue weighted by molar-refractivity contribution is 6.66. The fourth-order valence-corrected chi connectivity index (χ4v) is 0.217. The first kappa shape index (κ1) is 9.10. The van der Waals surface area contributed by atoms with Gasteiger partial charge in [-0.05, 0) is 0 Å². The summed E-state index contributed by atoms with van der Waals surface area (Å²) in [5.41, 5.74) is 1.41. The van der Waals surface area contributed by atoms with Crippen molar-refractivity contribution in [3.63, 3.8) is 0 Å². The molecule has 2 N–H and O–H groups in total. The van der Waals surface area contributed by atoms with Crippen LogP contribution in [0.5, 0.6) is 0 Å². The molecule has 0 aliphatic heterocycles. The lowest BCUT2D eigenvalue weighted by Crippen LogP contribution is -2.27. The van der Waals surface area contributed by atoms with Crippen LogP contribution in [0.3, 0.4) is 0 Å². The average molecular weight is 194 g/mol. The lowest BCUT2D eigenvalue weighted by molar-refractivity contribution is 0.0374. The van der Waals surface area contributed by atoms with Gasteiger partial charge >= 0.3 is 10.1 Å². The first-order valence-electron chi connectivity index (χ1n) is 1.65. The molecule has 0 aliphatic rings. The van der Waals surface area contributed by atoms with Crippen LogP contribution in [0.2, 0.25) is 0 Å². The number of alkyl halides is 3. The molecule has 0 bridgehead atoms. The third-order valence-electron chi connectivity index (χ3n) is 0.254. The zero-order valence-electron chi connectivity index (χ0n) is 3.90. The van der Waals surface area contributed by atoms with Gasteiger partial charge in [0.2, 0.25) is 0 Å². The molecule has 0 atom stereocenters. The predicted molar refractivity (Wildman–Crippen MR) is 32.5 cm³/mol. The Morgan fingerprint density at radius 3 is 2.11 bits per heavy atom. The Morgan fingerprint density at radius 2 is 2.00 bits per heavy atom. The van der Waals surface area contributed by atoms with Crippen LogP contribution in [0, 0.1) is 0 Å². The van der Waals surface area contributed by atoms with E-state index in [0.717, 1.165) is 0 Å². The van der Waals surface area contributed by atoms with E-state index in [1.807, 2.05) is 0 Å².